The number of rotatable bonds is 2. The van der Waals surface area contributed by atoms with Gasteiger partial charge in [-0.15, -0.1) is 0 Å². The van der Waals surface area contributed by atoms with Gasteiger partial charge < -0.3 is 0 Å². The summed E-state index contributed by atoms with van der Waals surface area (Å²) in [6.45, 7) is 8.35. The quantitative estimate of drug-likeness (QED) is 0.484. The third kappa shape index (κ3) is 2.57. The smallest absolute Gasteiger partial charge is 0.152 e. The molecule has 2 unspecified atom stereocenters. The van der Waals surface area contributed by atoms with E-state index in [4.69, 9.17) is 0 Å². The largest absolute Gasteiger partial charge is 0.295 e. The normalized spacial score (nSPS) is 30.9. The second-order valence-electron chi connectivity index (χ2n) is 4.98. The van der Waals surface area contributed by atoms with Crippen molar-refractivity contribution in [3.63, 3.8) is 0 Å². The number of carbonyl (C=O) groups excluding carboxylic acids is 1. The van der Waals surface area contributed by atoms with Crippen LogP contribution in [0.1, 0.15) is 34.1 Å². The van der Waals surface area contributed by atoms with Crippen molar-refractivity contribution in [2.24, 2.45) is 17.3 Å². The van der Waals surface area contributed by atoms with Crippen molar-refractivity contribution < 1.29 is 4.79 Å². The molecule has 1 aliphatic carbocycles. The van der Waals surface area contributed by atoms with Gasteiger partial charge in [-0.1, -0.05) is 39.0 Å². The first-order valence-electron chi connectivity index (χ1n) is 5.29. The standard InChI is InChI=1S/C13H20O/c1-10-6-5-9-13(3,4)12(10)8-7-11(2)14/h5-8,10,12H,9H2,1-4H3/b8-7+. The lowest BCUT2D eigenvalue weighted by molar-refractivity contribution is -0.112. The van der Waals surface area contributed by atoms with Gasteiger partial charge in [0.15, 0.2) is 5.78 Å². The van der Waals surface area contributed by atoms with Crippen LogP contribution in [-0.4, -0.2) is 5.78 Å². The molecule has 0 fully saturated rings. The monoisotopic (exact) mass is 192 g/mol. The lowest BCUT2D eigenvalue weighted by atomic mass is 9.67. The summed E-state index contributed by atoms with van der Waals surface area (Å²) < 4.78 is 0. The fourth-order valence-electron chi connectivity index (χ4n) is 2.23. The first-order valence-corrected chi connectivity index (χ1v) is 5.29. The number of hydrogen-bond donors (Lipinski definition) is 0. The van der Waals surface area contributed by atoms with E-state index >= 15 is 0 Å². The molecule has 2 atom stereocenters. The van der Waals surface area contributed by atoms with E-state index in [2.05, 4.69) is 39.0 Å². The zero-order valence-electron chi connectivity index (χ0n) is 9.58. The molecule has 0 amide bonds. The van der Waals surface area contributed by atoms with Crippen LogP contribution in [0.25, 0.3) is 0 Å². The van der Waals surface area contributed by atoms with Crippen LogP contribution in [0.4, 0.5) is 0 Å². The number of hydrogen-bond acceptors (Lipinski definition) is 1. The van der Waals surface area contributed by atoms with Crippen molar-refractivity contribution in [2.75, 3.05) is 0 Å². The Morgan fingerprint density at radius 3 is 2.64 bits per heavy atom. The predicted molar refractivity (Wildman–Crippen MR) is 60.0 cm³/mol. The fourth-order valence-corrected chi connectivity index (χ4v) is 2.23. The predicted octanol–water partition coefficient (Wildman–Crippen LogP) is 3.37. The van der Waals surface area contributed by atoms with E-state index in [1.54, 1.807) is 13.0 Å². The number of ketones is 1. The molecule has 0 bridgehead atoms. The van der Waals surface area contributed by atoms with Gasteiger partial charge >= 0.3 is 0 Å². The minimum absolute atomic E-state index is 0.141. The highest BCUT2D eigenvalue weighted by Gasteiger charge is 2.32. The summed E-state index contributed by atoms with van der Waals surface area (Å²) >= 11 is 0. The van der Waals surface area contributed by atoms with Crippen LogP contribution in [0.15, 0.2) is 24.3 Å². The highest BCUT2D eigenvalue weighted by molar-refractivity contribution is 5.87. The second-order valence-corrected chi connectivity index (χ2v) is 4.98. The van der Waals surface area contributed by atoms with E-state index in [1.807, 2.05) is 0 Å². The van der Waals surface area contributed by atoms with Crippen molar-refractivity contribution in [1.82, 2.24) is 0 Å². The molecule has 14 heavy (non-hydrogen) atoms. The minimum Gasteiger partial charge on any atom is -0.295 e. The molecule has 0 spiro atoms. The molecule has 0 saturated heterocycles. The number of allylic oxidation sites excluding steroid dienone is 4. The molecule has 0 aromatic rings. The summed E-state index contributed by atoms with van der Waals surface area (Å²) in [6, 6.07) is 0. The summed E-state index contributed by atoms with van der Waals surface area (Å²) in [6.07, 6.45) is 9.39. The molecule has 0 N–H and O–H groups in total. The summed E-state index contributed by atoms with van der Waals surface area (Å²) in [5.74, 6) is 1.16. The Morgan fingerprint density at radius 1 is 1.50 bits per heavy atom. The molecule has 0 heterocycles. The Morgan fingerprint density at radius 2 is 2.14 bits per heavy atom. The van der Waals surface area contributed by atoms with Gasteiger partial charge in [0.1, 0.15) is 0 Å². The maximum absolute atomic E-state index is 10.9. The summed E-state index contributed by atoms with van der Waals surface area (Å²) in [5, 5.41) is 0. The van der Waals surface area contributed by atoms with Crippen LogP contribution in [0, 0.1) is 17.3 Å². The maximum Gasteiger partial charge on any atom is 0.152 e. The molecular formula is C13H20O. The highest BCUT2D eigenvalue weighted by atomic mass is 16.1. The van der Waals surface area contributed by atoms with E-state index in [-0.39, 0.29) is 11.2 Å². The molecule has 0 saturated carbocycles. The van der Waals surface area contributed by atoms with Crippen LogP contribution in [0.5, 0.6) is 0 Å². The van der Waals surface area contributed by atoms with Crippen molar-refractivity contribution in [3.05, 3.63) is 24.3 Å². The summed E-state index contributed by atoms with van der Waals surface area (Å²) in [7, 11) is 0. The zero-order chi connectivity index (χ0) is 10.8. The van der Waals surface area contributed by atoms with Crippen molar-refractivity contribution in [1.29, 1.82) is 0 Å². The molecule has 0 aromatic carbocycles. The van der Waals surface area contributed by atoms with Gasteiger partial charge in [-0.25, -0.2) is 0 Å². The highest BCUT2D eigenvalue weighted by Crippen LogP contribution is 2.41. The first kappa shape index (κ1) is 11.2. The van der Waals surface area contributed by atoms with E-state index in [9.17, 15) is 4.79 Å². The van der Waals surface area contributed by atoms with Crippen LogP contribution in [-0.2, 0) is 4.79 Å². The molecule has 0 radical (unpaired) electrons. The summed E-state index contributed by atoms with van der Waals surface area (Å²) in [4.78, 5) is 10.9. The van der Waals surface area contributed by atoms with Crippen LogP contribution < -0.4 is 0 Å². The minimum atomic E-state index is 0.141. The van der Waals surface area contributed by atoms with Crippen LogP contribution in [0.2, 0.25) is 0 Å². The maximum atomic E-state index is 10.9. The molecule has 1 heteroatoms. The van der Waals surface area contributed by atoms with Crippen molar-refractivity contribution in [3.8, 4) is 0 Å². The molecule has 0 aromatic heterocycles. The molecular weight excluding hydrogens is 172 g/mol. The molecule has 1 nitrogen and oxygen atoms in total. The van der Waals surface area contributed by atoms with E-state index in [0.29, 0.717) is 11.8 Å². The van der Waals surface area contributed by atoms with Crippen molar-refractivity contribution >= 4 is 5.78 Å². The Labute approximate surface area is 86.9 Å². The van der Waals surface area contributed by atoms with Gasteiger partial charge in [-0.05, 0) is 36.7 Å². The zero-order valence-corrected chi connectivity index (χ0v) is 9.58. The fraction of sp³-hybridized carbons (Fsp3) is 0.615. The molecule has 1 aliphatic rings. The number of carbonyl (C=O) groups is 1. The first-order chi connectivity index (χ1) is 6.43. The molecule has 1 rings (SSSR count). The van der Waals surface area contributed by atoms with Gasteiger partial charge in [0.2, 0.25) is 0 Å². The van der Waals surface area contributed by atoms with Gasteiger partial charge in [0, 0.05) is 0 Å². The Hall–Kier alpha value is -0.850. The van der Waals surface area contributed by atoms with E-state index in [0.717, 1.165) is 6.42 Å². The van der Waals surface area contributed by atoms with Crippen LogP contribution >= 0.6 is 0 Å². The second kappa shape index (κ2) is 4.12. The SMILES string of the molecule is CC(=O)/C=C/C1C(C)C=CCC1(C)C. The van der Waals surface area contributed by atoms with Gasteiger partial charge in [0.25, 0.3) is 0 Å². The summed E-state index contributed by atoms with van der Waals surface area (Å²) in [5.41, 5.74) is 0.278. The van der Waals surface area contributed by atoms with Gasteiger partial charge in [-0.2, -0.15) is 0 Å². The van der Waals surface area contributed by atoms with Gasteiger partial charge in [0.05, 0.1) is 0 Å². The average Bonchev–Trinajstić information content (AvgIpc) is 2.01. The Bertz CT molecular complexity index is 271. The Kier molecular flexibility index (Phi) is 3.30. The van der Waals surface area contributed by atoms with Gasteiger partial charge in [-0.3, -0.25) is 4.79 Å². The third-order valence-electron chi connectivity index (χ3n) is 3.09. The third-order valence-corrected chi connectivity index (χ3v) is 3.09. The van der Waals surface area contributed by atoms with E-state index < -0.39 is 0 Å². The lowest BCUT2D eigenvalue weighted by Crippen LogP contribution is -2.29. The molecule has 0 aliphatic heterocycles. The molecule has 78 valence electrons. The Balaban J connectivity index is 2.83. The lowest BCUT2D eigenvalue weighted by Gasteiger charge is -2.38. The average molecular weight is 192 g/mol. The van der Waals surface area contributed by atoms with Crippen molar-refractivity contribution in [2.45, 2.75) is 34.1 Å². The van der Waals surface area contributed by atoms with Crippen LogP contribution in [0.3, 0.4) is 0 Å². The topological polar surface area (TPSA) is 17.1 Å². The van der Waals surface area contributed by atoms with E-state index in [1.165, 1.54) is 0 Å².